The summed E-state index contributed by atoms with van der Waals surface area (Å²) in [7, 11) is 0. The van der Waals surface area contributed by atoms with Gasteiger partial charge in [0, 0.05) is 26.2 Å². The molecule has 1 saturated heterocycles. The van der Waals surface area contributed by atoms with Gasteiger partial charge in [0.15, 0.2) is 5.96 Å². The van der Waals surface area contributed by atoms with E-state index in [0.717, 1.165) is 44.4 Å². The zero-order chi connectivity index (χ0) is 21.9. The van der Waals surface area contributed by atoms with E-state index >= 15 is 0 Å². The molecule has 6 nitrogen and oxygen atoms in total. The summed E-state index contributed by atoms with van der Waals surface area (Å²) in [6, 6.07) is 18.7. The van der Waals surface area contributed by atoms with Crippen LogP contribution in [0.2, 0.25) is 0 Å². The molecule has 0 aromatic heterocycles. The number of nitrogens with one attached hydrogen (secondary N) is 2. The minimum atomic E-state index is -0.482. The predicted octanol–water partition coefficient (Wildman–Crippen LogP) is 3.05. The lowest BCUT2D eigenvalue weighted by molar-refractivity contribution is 0.0179. The van der Waals surface area contributed by atoms with Crippen molar-refractivity contribution in [2.45, 2.75) is 32.4 Å². The van der Waals surface area contributed by atoms with Gasteiger partial charge < -0.3 is 20.5 Å². The van der Waals surface area contributed by atoms with Crippen LogP contribution in [0, 0.1) is 6.92 Å². The molecule has 0 amide bonds. The van der Waals surface area contributed by atoms with Crippen molar-refractivity contribution in [3.05, 3.63) is 71.3 Å². The molecule has 2 aromatic carbocycles. The van der Waals surface area contributed by atoms with Crippen LogP contribution in [0.4, 0.5) is 0 Å². The van der Waals surface area contributed by atoms with Gasteiger partial charge in [-0.15, -0.1) is 0 Å². The summed E-state index contributed by atoms with van der Waals surface area (Å²) >= 11 is 0. The lowest BCUT2D eigenvalue weighted by Gasteiger charge is -2.34. The first-order chi connectivity index (χ1) is 15.2. The van der Waals surface area contributed by atoms with E-state index in [9.17, 15) is 5.11 Å². The normalized spacial score (nSPS) is 17.2. The molecule has 2 atom stereocenters. The fourth-order valence-electron chi connectivity index (χ4n) is 3.89. The number of guanidine groups is 1. The second-order valence-corrected chi connectivity index (χ2v) is 7.94. The molecule has 2 unspecified atom stereocenters. The Bertz CT molecular complexity index is 806. The van der Waals surface area contributed by atoms with E-state index in [2.05, 4.69) is 53.6 Å². The van der Waals surface area contributed by atoms with Gasteiger partial charge in [0.1, 0.15) is 0 Å². The summed E-state index contributed by atoms with van der Waals surface area (Å²) in [5.41, 5.74) is 3.50. The standard InChI is InChI=1S/C25H36N4O2/c1-3-26-25(27-13-12-24(30)21-9-5-4-6-10-21)28-19-23(29-14-16-31-17-15-29)22-11-7-8-20(2)18-22/h4-11,18,23-24,30H,3,12-17,19H2,1-2H3,(H2,26,27,28). The van der Waals surface area contributed by atoms with Crippen LogP contribution in [0.1, 0.15) is 42.2 Å². The Morgan fingerprint density at radius 3 is 2.52 bits per heavy atom. The van der Waals surface area contributed by atoms with Gasteiger partial charge in [-0.2, -0.15) is 0 Å². The van der Waals surface area contributed by atoms with Crippen LogP contribution in [-0.2, 0) is 4.74 Å². The molecular formula is C25H36N4O2. The fourth-order valence-corrected chi connectivity index (χ4v) is 3.89. The first-order valence-corrected chi connectivity index (χ1v) is 11.3. The van der Waals surface area contributed by atoms with Gasteiger partial charge in [-0.05, 0) is 31.4 Å². The number of benzene rings is 2. The molecule has 0 aliphatic carbocycles. The summed E-state index contributed by atoms with van der Waals surface area (Å²) in [5.74, 6) is 0.786. The highest BCUT2D eigenvalue weighted by Crippen LogP contribution is 2.23. The van der Waals surface area contributed by atoms with Gasteiger partial charge in [-0.3, -0.25) is 9.89 Å². The first-order valence-electron chi connectivity index (χ1n) is 11.3. The van der Waals surface area contributed by atoms with E-state index in [1.165, 1.54) is 11.1 Å². The van der Waals surface area contributed by atoms with Crippen LogP contribution >= 0.6 is 0 Å². The highest BCUT2D eigenvalue weighted by atomic mass is 16.5. The van der Waals surface area contributed by atoms with Crippen LogP contribution in [-0.4, -0.2) is 61.9 Å². The third kappa shape index (κ3) is 7.35. The van der Waals surface area contributed by atoms with Gasteiger partial charge in [0.05, 0.1) is 31.9 Å². The number of nitrogens with zero attached hydrogens (tertiary/aromatic N) is 2. The number of aliphatic imine (C=N–C) groups is 1. The Kier molecular flexibility index (Phi) is 9.34. The number of hydrogen-bond acceptors (Lipinski definition) is 4. The van der Waals surface area contributed by atoms with Crippen LogP contribution in [0.25, 0.3) is 0 Å². The number of aliphatic hydroxyl groups excluding tert-OH is 1. The first kappa shape index (κ1) is 23.3. The van der Waals surface area contributed by atoms with E-state index in [-0.39, 0.29) is 6.04 Å². The van der Waals surface area contributed by atoms with Crippen LogP contribution < -0.4 is 10.6 Å². The van der Waals surface area contributed by atoms with Crippen molar-refractivity contribution < 1.29 is 9.84 Å². The molecule has 1 aliphatic rings. The molecule has 2 aromatic rings. The quantitative estimate of drug-likeness (QED) is 0.426. The molecule has 31 heavy (non-hydrogen) atoms. The largest absolute Gasteiger partial charge is 0.388 e. The topological polar surface area (TPSA) is 69.1 Å². The van der Waals surface area contributed by atoms with E-state index in [4.69, 9.17) is 9.73 Å². The second-order valence-electron chi connectivity index (χ2n) is 7.94. The van der Waals surface area contributed by atoms with E-state index < -0.39 is 6.10 Å². The number of aliphatic hydroxyl groups is 1. The Morgan fingerprint density at radius 2 is 1.81 bits per heavy atom. The molecule has 1 aliphatic heterocycles. The maximum absolute atomic E-state index is 10.4. The van der Waals surface area contributed by atoms with Crippen LogP contribution in [0.15, 0.2) is 59.6 Å². The number of hydrogen-bond donors (Lipinski definition) is 3. The zero-order valence-electron chi connectivity index (χ0n) is 18.8. The van der Waals surface area contributed by atoms with Crippen molar-refractivity contribution in [1.29, 1.82) is 0 Å². The van der Waals surface area contributed by atoms with Gasteiger partial charge in [-0.1, -0.05) is 60.2 Å². The monoisotopic (exact) mass is 424 g/mol. The maximum Gasteiger partial charge on any atom is 0.191 e. The molecule has 1 fully saturated rings. The molecule has 0 spiro atoms. The Labute approximate surface area is 186 Å². The second kappa shape index (κ2) is 12.4. The average Bonchev–Trinajstić information content (AvgIpc) is 2.80. The Morgan fingerprint density at radius 1 is 1.06 bits per heavy atom. The van der Waals surface area contributed by atoms with E-state index in [1.807, 2.05) is 30.3 Å². The molecule has 3 N–H and O–H groups in total. The lowest BCUT2D eigenvalue weighted by atomic mass is 10.0. The smallest absolute Gasteiger partial charge is 0.191 e. The van der Waals surface area contributed by atoms with Gasteiger partial charge in [0.25, 0.3) is 0 Å². The summed E-state index contributed by atoms with van der Waals surface area (Å²) in [4.78, 5) is 7.36. The van der Waals surface area contributed by atoms with Crippen molar-refractivity contribution in [3.8, 4) is 0 Å². The van der Waals surface area contributed by atoms with Crippen LogP contribution in [0.5, 0.6) is 0 Å². The molecule has 168 valence electrons. The molecule has 0 bridgehead atoms. The molecule has 0 radical (unpaired) electrons. The molecule has 0 saturated carbocycles. The number of ether oxygens (including phenoxy) is 1. The number of morpholine rings is 1. The highest BCUT2D eigenvalue weighted by molar-refractivity contribution is 5.79. The SMILES string of the molecule is CCNC(=NCC(c1cccc(C)c1)N1CCOCC1)NCCC(O)c1ccccc1. The van der Waals surface area contributed by atoms with Crippen molar-refractivity contribution in [2.24, 2.45) is 4.99 Å². The van der Waals surface area contributed by atoms with Gasteiger partial charge >= 0.3 is 0 Å². The van der Waals surface area contributed by atoms with E-state index in [0.29, 0.717) is 19.5 Å². The van der Waals surface area contributed by atoms with Crippen molar-refractivity contribution in [2.75, 3.05) is 45.9 Å². The lowest BCUT2D eigenvalue weighted by Crippen LogP contribution is -2.42. The molecule has 6 heteroatoms. The van der Waals surface area contributed by atoms with Gasteiger partial charge in [0.2, 0.25) is 0 Å². The maximum atomic E-state index is 10.4. The summed E-state index contributed by atoms with van der Waals surface area (Å²) < 4.78 is 5.56. The Balaban J connectivity index is 1.63. The Hall–Kier alpha value is -2.41. The molecular weight excluding hydrogens is 388 g/mol. The van der Waals surface area contributed by atoms with Crippen LogP contribution in [0.3, 0.4) is 0 Å². The average molecular weight is 425 g/mol. The van der Waals surface area contributed by atoms with Gasteiger partial charge in [-0.25, -0.2) is 0 Å². The summed E-state index contributed by atoms with van der Waals surface area (Å²) in [6.07, 6.45) is 0.143. The molecule has 3 rings (SSSR count). The number of rotatable bonds is 9. The third-order valence-corrected chi connectivity index (χ3v) is 5.57. The predicted molar refractivity (Wildman–Crippen MR) is 126 cm³/mol. The zero-order valence-corrected chi connectivity index (χ0v) is 18.8. The summed E-state index contributed by atoms with van der Waals surface area (Å²) in [6.45, 7) is 9.67. The minimum Gasteiger partial charge on any atom is -0.388 e. The van der Waals surface area contributed by atoms with Crippen molar-refractivity contribution in [1.82, 2.24) is 15.5 Å². The van der Waals surface area contributed by atoms with E-state index in [1.54, 1.807) is 0 Å². The van der Waals surface area contributed by atoms with Crippen molar-refractivity contribution >= 4 is 5.96 Å². The summed E-state index contributed by atoms with van der Waals surface area (Å²) in [5, 5.41) is 17.1. The highest BCUT2D eigenvalue weighted by Gasteiger charge is 2.22. The van der Waals surface area contributed by atoms with Crippen molar-refractivity contribution in [3.63, 3.8) is 0 Å². The third-order valence-electron chi connectivity index (χ3n) is 5.57. The molecule has 1 heterocycles. The fraction of sp³-hybridized carbons (Fsp3) is 0.480. The minimum absolute atomic E-state index is 0.217. The number of aryl methyl sites for hydroxylation is 1.